The second-order valence-electron chi connectivity index (χ2n) is 4.21. The predicted molar refractivity (Wildman–Crippen MR) is 90.3 cm³/mol. The van der Waals surface area contributed by atoms with Crippen LogP contribution in [0.1, 0.15) is 20.8 Å². The maximum Gasteiger partial charge on any atom is 0.358 e. The number of hydrogen-bond acceptors (Lipinski definition) is 4. The normalized spacial score (nSPS) is 10.5. The van der Waals surface area contributed by atoms with Crippen molar-refractivity contribution < 1.29 is 14.3 Å². The highest BCUT2D eigenvalue weighted by Gasteiger charge is 2.20. The Labute approximate surface area is 156 Å². The summed E-state index contributed by atoms with van der Waals surface area (Å²) in [6.07, 6.45) is 1.16. The Morgan fingerprint density at radius 1 is 0.957 bits per heavy atom. The van der Waals surface area contributed by atoms with Crippen molar-refractivity contribution in [1.29, 1.82) is 0 Å². The molecule has 0 atom stereocenters. The van der Waals surface area contributed by atoms with Gasteiger partial charge in [-0.2, -0.15) is 0 Å². The lowest BCUT2D eigenvalue weighted by Gasteiger charge is -2.07. The molecule has 1 aromatic heterocycles. The highest BCUT2D eigenvalue weighted by atomic mass is 35.5. The maximum absolute atomic E-state index is 12.0. The maximum atomic E-state index is 12.0. The molecule has 0 bridgehead atoms. The molecule has 0 radical (unpaired) electrons. The van der Waals surface area contributed by atoms with Gasteiger partial charge in [-0.25, -0.2) is 9.78 Å². The molecule has 1 aromatic carbocycles. The molecule has 0 aliphatic rings. The fourth-order valence-electron chi connectivity index (χ4n) is 1.54. The van der Waals surface area contributed by atoms with Gasteiger partial charge in [0.15, 0.2) is 18.1 Å². The molecule has 0 saturated carbocycles. The topological polar surface area (TPSA) is 56.3 Å². The van der Waals surface area contributed by atoms with Crippen LogP contribution in [0, 0.1) is 0 Å². The molecular weight excluding hydrogens is 407 g/mol. The molecule has 1 heterocycles. The lowest BCUT2D eigenvalue weighted by Crippen LogP contribution is -2.15. The number of carbonyl (C=O) groups is 2. The van der Waals surface area contributed by atoms with Crippen LogP contribution in [0.2, 0.25) is 25.1 Å². The molecule has 9 heteroatoms. The number of ketones is 1. The Hall–Kier alpha value is -1.04. The minimum absolute atomic E-state index is 0.0221. The van der Waals surface area contributed by atoms with E-state index in [0.717, 1.165) is 6.20 Å². The Morgan fingerprint density at radius 3 is 2.30 bits per heavy atom. The van der Waals surface area contributed by atoms with Crippen LogP contribution in [0.3, 0.4) is 0 Å². The van der Waals surface area contributed by atoms with E-state index in [2.05, 4.69) is 4.98 Å². The molecule has 4 nitrogen and oxygen atoms in total. The van der Waals surface area contributed by atoms with E-state index in [-0.39, 0.29) is 31.3 Å². The van der Waals surface area contributed by atoms with E-state index in [0.29, 0.717) is 5.02 Å². The quantitative estimate of drug-likeness (QED) is 0.498. The van der Waals surface area contributed by atoms with Gasteiger partial charge in [-0.15, -0.1) is 0 Å². The van der Waals surface area contributed by atoms with Crippen molar-refractivity contribution in [1.82, 2.24) is 4.98 Å². The van der Waals surface area contributed by atoms with E-state index in [9.17, 15) is 9.59 Å². The van der Waals surface area contributed by atoms with Gasteiger partial charge in [0.05, 0.1) is 25.1 Å². The molecule has 0 aliphatic carbocycles. The number of ether oxygens (including phenoxy) is 1. The lowest BCUT2D eigenvalue weighted by molar-refractivity contribution is 0.0469. The van der Waals surface area contributed by atoms with E-state index in [1.54, 1.807) is 0 Å². The van der Waals surface area contributed by atoms with Crippen molar-refractivity contribution in [3.8, 4) is 0 Å². The summed E-state index contributed by atoms with van der Waals surface area (Å²) < 4.78 is 4.88. The molecular formula is C14H6Cl5NO3. The molecule has 0 unspecified atom stereocenters. The smallest absolute Gasteiger partial charge is 0.358 e. The van der Waals surface area contributed by atoms with E-state index in [1.165, 1.54) is 18.2 Å². The average Bonchev–Trinajstić information content (AvgIpc) is 2.52. The first-order valence-electron chi connectivity index (χ1n) is 5.96. The van der Waals surface area contributed by atoms with Crippen LogP contribution in [0.25, 0.3) is 0 Å². The molecule has 0 spiro atoms. The predicted octanol–water partition coefficient (Wildman–Crippen LogP) is 5.39. The number of Topliss-reactive ketones (excluding diaryl/α,β-unsaturated/α-hetero) is 1. The number of aromatic nitrogens is 1. The number of pyridine rings is 1. The summed E-state index contributed by atoms with van der Waals surface area (Å²) in [5.74, 6) is -1.37. The van der Waals surface area contributed by atoms with Gasteiger partial charge >= 0.3 is 5.97 Å². The first-order chi connectivity index (χ1) is 10.8. The van der Waals surface area contributed by atoms with Gasteiger partial charge in [0.2, 0.25) is 0 Å². The number of rotatable bonds is 4. The van der Waals surface area contributed by atoms with Crippen molar-refractivity contribution in [2.75, 3.05) is 6.61 Å². The number of nitrogens with zero attached hydrogens (tertiary/aromatic N) is 1. The molecule has 0 aliphatic heterocycles. The van der Waals surface area contributed by atoms with Gasteiger partial charge in [0.25, 0.3) is 0 Å². The number of hydrogen-bond donors (Lipinski definition) is 0. The minimum Gasteiger partial charge on any atom is -0.453 e. The third kappa shape index (κ3) is 4.28. The monoisotopic (exact) mass is 411 g/mol. The summed E-state index contributed by atoms with van der Waals surface area (Å²) in [6.45, 7) is -0.519. The summed E-state index contributed by atoms with van der Waals surface area (Å²) in [4.78, 5) is 27.6. The van der Waals surface area contributed by atoms with Crippen LogP contribution in [-0.4, -0.2) is 23.3 Å². The van der Waals surface area contributed by atoms with Crippen molar-refractivity contribution >= 4 is 69.8 Å². The second-order valence-corrected chi connectivity index (χ2v) is 6.19. The summed E-state index contributed by atoms with van der Waals surface area (Å²) in [7, 11) is 0. The summed E-state index contributed by atoms with van der Waals surface area (Å²) >= 11 is 29.0. The molecule has 0 fully saturated rings. The molecule has 0 N–H and O–H groups in total. The highest BCUT2D eigenvalue weighted by molar-refractivity contribution is 6.48. The number of benzene rings is 1. The lowest BCUT2D eigenvalue weighted by atomic mass is 10.1. The Bertz CT molecular complexity index is 794. The van der Waals surface area contributed by atoms with E-state index in [1.807, 2.05) is 0 Å². The van der Waals surface area contributed by atoms with Gasteiger partial charge in [-0.1, -0.05) is 58.0 Å². The SMILES string of the molecule is O=C(COC(=O)c1ncc(Cl)c(Cl)c1Cl)c1ccc(Cl)c(Cl)c1. The second kappa shape index (κ2) is 7.69. The molecule has 23 heavy (non-hydrogen) atoms. The third-order valence-corrected chi connectivity index (χ3v) is 4.67. The Morgan fingerprint density at radius 2 is 1.65 bits per heavy atom. The number of esters is 1. The zero-order chi connectivity index (χ0) is 17.1. The highest BCUT2D eigenvalue weighted by Crippen LogP contribution is 2.31. The van der Waals surface area contributed by atoms with Crippen LogP contribution < -0.4 is 0 Å². The van der Waals surface area contributed by atoms with E-state index in [4.69, 9.17) is 62.7 Å². The zero-order valence-electron chi connectivity index (χ0n) is 11.1. The fraction of sp³-hybridized carbons (Fsp3) is 0.0714. The molecule has 120 valence electrons. The molecule has 0 saturated heterocycles. The van der Waals surface area contributed by atoms with Gasteiger partial charge in [-0.3, -0.25) is 4.79 Å². The van der Waals surface area contributed by atoms with Crippen molar-refractivity contribution in [2.24, 2.45) is 0 Å². The first kappa shape index (κ1) is 18.3. The third-order valence-electron chi connectivity index (χ3n) is 2.69. The summed E-state index contributed by atoms with van der Waals surface area (Å²) in [5.41, 5.74) is 0.0170. The standard InChI is InChI=1S/C14H6Cl5NO3/c15-7-2-1-6(3-8(7)16)10(21)5-23-14(22)13-12(19)11(18)9(17)4-20-13/h1-4H,5H2. The van der Waals surface area contributed by atoms with Crippen molar-refractivity contribution in [3.63, 3.8) is 0 Å². The summed E-state index contributed by atoms with van der Waals surface area (Å²) in [5, 5.41) is 0.461. The fourth-order valence-corrected chi connectivity index (χ4v) is 2.39. The zero-order valence-corrected chi connectivity index (χ0v) is 14.9. The minimum atomic E-state index is -0.901. The van der Waals surface area contributed by atoms with Crippen LogP contribution in [0.15, 0.2) is 24.4 Å². The molecule has 0 amide bonds. The van der Waals surface area contributed by atoms with E-state index >= 15 is 0 Å². The van der Waals surface area contributed by atoms with Crippen LogP contribution in [0.4, 0.5) is 0 Å². The van der Waals surface area contributed by atoms with Gasteiger partial charge in [0, 0.05) is 11.8 Å². The van der Waals surface area contributed by atoms with Crippen molar-refractivity contribution in [3.05, 3.63) is 60.8 Å². The van der Waals surface area contributed by atoms with Crippen LogP contribution in [-0.2, 0) is 4.74 Å². The van der Waals surface area contributed by atoms with Crippen LogP contribution >= 0.6 is 58.0 Å². The van der Waals surface area contributed by atoms with Crippen molar-refractivity contribution in [2.45, 2.75) is 0 Å². The molecule has 2 rings (SSSR count). The van der Waals surface area contributed by atoms with Gasteiger partial charge in [0.1, 0.15) is 0 Å². The number of halogens is 5. The van der Waals surface area contributed by atoms with E-state index < -0.39 is 18.4 Å². The van der Waals surface area contributed by atoms with Gasteiger partial charge in [-0.05, 0) is 18.2 Å². The summed E-state index contributed by atoms with van der Waals surface area (Å²) in [6, 6.07) is 4.32. The largest absolute Gasteiger partial charge is 0.453 e. The molecule has 2 aromatic rings. The number of carbonyl (C=O) groups excluding carboxylic acids is 2. The Balaban J connectivity index is 2.08. The average molecular weight is 413 g/mol. The first-order valence-corrected chi connectivity index (χ1v) is 7.85. The Kier molecular flexibility index (Phi) is 6.12. The van der Waals surface area contributed by atoms with Crippen LogP contribution in [0.5, 0.6) is 0 Å². The van der Waals surface area contributed by atoms with Gasteiger partial charge < -0.3 is 4.74 Å².